The van der Waals surface area contributed by atoms with E-state index < -0.39 is 5.97 Å². The first kappa shape index (κ1) is 15.9. The lowest BCUT2D eigenvalue weighted by Crippen LogP contribution is -2.45. The van der Waals surface area contributed by atoms with Gasteiger partial charge < -0.3 is 20.5 Å². The predicted octanol–water partition coefficient (Wildman–Crippen LogP) is 0.454. The van der Waals surface area contributed by atoms with Gasteiger partial charge in [-0.15, -0.1) is 0 Å². The molecule has 1 aliphatic heterocycles. The van der Waals surface area contributed by atoms with Crippen LogP contribution in [0.5, 0.6) is 0 Å². The van der Waals surface area contributed by atoms with E-state index in [1.54, 1.807) is 0 Å². The van der Waals surface area contributed by atoms with Crippen molar-refractivity contribution in [3.8, 4) is 0 Å². The van der Waals surface area contributed by atoms with Crippen molar-refractivity contribution in [2.45, 2.75) is 38.7 Å². The van der Waals surface area contributed by atoms with Crippen molar-refractivity contribution in [3.63, 3.8) is 0 Å². The summed E-state index contributed by atoms with van der Waals surface area (Å²) in [4.78, 5) is 24.3. The van der Waals surface area contributed by atoms with Gasteiger partial charge in [-0.05, 0) is 19.3 Å². The number of nitrogens with two attached hydrogens (primary N) is 1. The molecule has 6 heteroatoms. The number of rotatable bonds is 7. The van der Waals surface area contributed by atoms with Gasteiger partial charge in [0, 0.05) is 19.6 Å². The van der Waals surface area contributed by atoms with Gasteiger partial charge in [-0.2, -0.15) is 0 Å². The van der Waals surface area contributed by atoms with Crippen molar-refractivity contribution in [1.82, 2.24) is 4.90 Å². The Morgan fingerprint density at radius 2 is 2.05 bits per heavy atom. The zero-order valence-electron chi connectivity index (χ0n) is 11.5. The quantitative estimate of drug-likeness (QED) is 0.702. The average Bonchev–Trinajstić information content (AvgIpc) is 2.40. The summed E-state index contributed by atoms with van der Waals surface area (Å²) in [5, 5.41) is 8.53. The molecule has 1 fully saturated rings. The van der Waals surface area contributed by atoms with Gasteiger partial charge >= 0.3 is 5.97 Å². The highest BCUT2D eigenvalue weighted by Gasteiger charge is 2.26. The minimum atomic E-state index is -0.846. The third-order valence-electron chi connectivity index (χ3n) is 3.55. The number of carboxylic acids is 1. The third-order valence-corrected chi connectivity index (χ3v) is 3.55. The van der Waals surface area contributed by atoms with E-state index in [9.17, 15) is 9.59 Å². The van der Waals surface area contributed by atoms with Crippen molar-refractivity contribution in [3.05, 3.63) is 0 Å². The van der Waals surface area contributed by atoms with E-state index in [4.69, 9.17) is 15.6 Å². The molecular formula is C13H24N2O4. The maximum atomic E-state index is 12.1. The third kappa shape index (κ3) is 5.16. The summed E-state index contributed by atoms with van der Waals surface area (Å²) in [6, 6.07) is 0. The van der Waals surface area contributed by atoms with Crippen LogP contribution >= 0.6 is 0 Å². The molecule has 6 nitrogen and oxygen atoms in total. The fourth-order valence-electron chi connectivity index (χ4n) is 2.26. The van der Waals surface area contributed by atoms with Gasteiger partial charge in [-0.1, -0.05) is 6.92 Å². The van der Waals surface area contributed by atoms with Crippen LogP contribution in [0.4, 0.5) is 0 Å². The molecular weight excluding hydrogens is 248 g/mol. The first-order valence-corrected chi connectivity index (χ1v) is 6.90. The number of amides is 1. The monoisotopic (exact) mass is 272 g/mol. The molecule has 1 rings (SSSR count). The predicted molar refractivity (Wildman–Crippen MR) is 70.6 cm³/mol. The summed E-state index contributed by atoms with van der Waals surface area (Å²) in [6.07, 6.45) is 2.41. The van der Waals surface area contributed by atoms with Crippen LogP contribution in [0.3, 0.4) is 0 Å². The normalized spacial score (nSPS) is 18.3. The number of carbonyl (C=O) groups is 2. The number of piperidine rings is 1. The Hall–Kier alpha value is -1.14. The molecule has 1 amide bonds. The van der Waals surface area contributed by atoms with Gasteiger partial charge in [0.2, 0.25) is 5.91 Å². The van der Waals surface area contributed by atoms with Crippen LogP contribution < -0.4 is 5.73 Å². The van der Waals surface area contributed by atoms with E-state index in [0.717, 1.165) is 19.3 Å². The van der Waals surface area contributed by atoms with E-state index in [2.05, 4.69) is 0 Å². The molecule has 0 spiro atoms. The van der Waals surface area contributed by atoms with Crippen LogP contribution in [0, 0.1) is 5.92 Å². The molecule has 0 aromatic heterocycles. The van der Waals surface area contributed by atoms with Crippen LogP contribution in [0.15, 0.2) is 0 Å². The first-order valence-electron chi connectivity index (χ1n) is 6.90. The van der Waals surface area contributed by atoms with Gasteiger partial charge in [0.05, 0.1) is 25.0 Å². The second-order valence-electron chi connectivity index (χ2n) is 4.88. The molecule has 1 aliphatic rings. The average molecular weight is 272 g/mol. The summed E-state index contributed by atoms with van der Waals surface area (Å²) in [5.41, 5.74) is 5.58. The second-order valence-corrected chi connectivity index (χ2v) is 4.88. The summed E-state index contributed by atoms with van der Waals surface area (Å²) >= 11 is 0. The Bertz CT molecular complexity index is 297. The Labute approximate surface area is 113 Å². The van der Waals surface area contributed by atoms with Gasteiger partial charge in [0.1, 0.15) is 0 Å². The number of likely N-dealkylation sites (tertiary alicyclic amines) is 1. The van der Waals surface area contributed by atoms with E-state index in [1.165, 1.54) is 0 Å². The number of hydrogen-bond donors (Lipinski definition) is 2. The lowest BCUT2D eigenvalue weighted by Gasteiger charge is -2.33. The van der Waals surface area contributed by atoms with Gasteiger partial charge in [0.15, 0.2) is 0 Å². The second kappa shape index (κ2) is 8.12. The van der Waals surface area contributed by atoms with Crippen LogP contribution in [0.25, 0.3) is 0 Å². The van der Waals surface area contributed by atoms with E-state index in [1.807, 2.05) is 11.8 Å². The van der Waals surface area contributed by atoms with Gasteiger partial charge in [-0.3, -0.25) is 9.59 Å². The molecule has 0 radical (unpaired) electrons. The molecule has 3 N–H and O–H groups in total. The summed E-state index contributed by atoms with van der Waals surface area (Å²) in [5.74, 6) is -0.792. The topological polar surface area (TPSA) is 92.9 Å². The smallest absolute Gasteiger partial charge is 0.305 e. The van der Waals surface area contributed by atoms with Gasteiger partial charge in [-0.25, -0.2) is 0 Å². The number of hydrogen-bond acceptors (Lipinski definition) is 4. The minimum absolute atomic E-state index is 0.0320. The Morgan fingerprint density at radius 3 is 2.53 bits per heavy atom. The molecule has 19 heavy (non-hydrogen) atoms. The van der Waals surface area contributed by atoms with Gasteiger partial charge in [0.25, 0.3) is 0 Å². The lowest BCUT2D eigenvalue weighted by atomic mass is 10.0. The van der Waals surface area contributed by atoms with Crippen LogP contribution in [-0.2, 0) is 14.3 Å². The SMILES string of the molecule is CCC(CN)C(=O)N1CCC(OCCC(=O)O)CC1. The Balaban J connectivity index is 2.28. The molecule has 0 aliphatic carbocycles. The number of ether oxygens (including phenoxy) is 1. The molecule has 1 saturated heterocycles. The van der Waals surface area contributed by atoms with Crippen molar-refractivity contribution < 1.29 is 19.4 Å². The molecule has 1 heterocycles. The van der Waals surface area contributed by atoms with Crippen molar-refractivity contribution >= 4 is 11.9 Å². The number of carbonyl (C=O) groups excluding carboxylic acids is 1. The lowest BCUT2D eigenvalue weighted by molar-refractivity contribution is -0.139. The highest BCUT2D eigenvalue weighted by Crippen LogP contribution is 2.17. The number of carboxylic acid groups (broad SMARTS) is 1. The standard InChI is InChI=1S/C13H24N2O4/c1-2-10(9-14)13(18)15-6-3-11(4-7-15)19-8-5-12(16)17/h10-11H,2-9,14H2,1H3,(H,16,17). The minimum Gasteiger partial charge on any atom is -0.481 e. The van der Waals surface area contributed by atoms with Crippen LogP contribution in [-0.4, -0.2) is 54.2 Å². The first-order chi connectivity index (χ1) is 9.08. The number of nitrogens with zero attached hydrogens (tertiary/aromatic N) is 1. The Kier molecular flexibility index (Phi) is 6.80. The Morgan fingerprint density at radius 1 is 1.42 bits per heavy atom. The van der Waals surface area contributed by atoms with Crippen LogP contribution in [0.1, 0.15) is 32.6 Å². The molecule has 1 unspecified atom stereocenters. The molecule has 0 aromatic rings. The maximum Gasteiger partial charge on any atom is 0.305 e. The fraction of sp³-hybridized carbons (Fsp3) is 0.846. The summed E-state index contributed by atoms with van der Waals surface area (Å²) in [6.45, 7) is 3.95. The highest BCUT2D eigenvalue weighted by atomic mass is 16.5. The molecule has 110 valence electrons. The fourth-order valence-corrected chi connectivity index (χ4v) is 2.26. The van der Waals surface area contributed by atoms with Crippen molar-refractivity contribution in [1.29, 1.82) is 0 Å². The molecule has 1 atom stereocenters. The van der Waals surface area contributed by atoms with Crippen LogP contribution in [0.2, 0.25) is 0 Å². The largest absolute Gasteiger partial charge is 0.481 e. The zero-order chi connectivity index (χ0) is 14.3. The van der Waals surface area contributed by atoms with E-state index in [0.29, 0.717) is 19.6 Å². The highest BCUT2D eigenvalue weighted by molar-refractivity contribution is 5.79. The zero-order valence-corrected chi connectivity index (χ0v) is 11.5. The molecule has 0 bridgehead atoms. The van der Waals surface area contributed by atoms with Crippen molar-refractivity contribution in [2.75, 3.05) is 26.2 Å². The maximum absolute atomic E-state index is 12.1. The van der Waals surface area contributed by atoms with E-state index >= 15 is 0 Å². The number of aliphatic carboxylic acids is 1. The van der Waals surface area contributed by atoms with Crippen molar-refractivity contribution in [2.24, 2.45) is 11.7 Å². The summed E-state index contributed by atoms with van der Waals surface area (Å²) in [7, 11) is 0. The summed E-state index contributed by atoms with van der Waals surface area (Å²) < 4.78 is 5.49. The molecule has 0 aromatic carbocycles. The molecule has 0 saturated carbocycles. The van der Waals surface area contributed by atoms with E-state index in [-0.39, 0.29) is 31.0 Å².